The number of aliphatic imine (C=N–C) groups is 1. The largest absolute Gasteiger partial charge is 0.381 e. The van der Waals surface area contributed by atoms with Gasteiger partial charge in [-0.3, -0.25) is 0 Å². The smallest absolute Gasteiger partial charge is 0.193 e. The van der Waals surface area contributed by atoms with Crippen molar-refractivity contribution in [2.75, 3.05) is 33.4 Å². The van der Waals surface area contributed by atoms with Crippen molar-refractivity contribution in [3.05, 3.63) is 48.0 Å². The van der Waals surface area contributed by atoms with Gasteiger partial charge in [0.25, 0.3) is 0 Å². The third kappa shape index (κ3) is 4.06. The summed E-state index contributed by atoms with van der Waals surface area (Å²) < 4.78 is 5.49. The SMILES string of the molecule is CCNC(=NCc1cccc2ccccc12)N(C)CC1CCOC1. The van der Waals surface area contributed by atoms with Gasteiger partial charge < -0.3 is 15.0 Å². The second kappa shape index (κ2) is 8.15. The monoisotopic (exact) mass is 325 g/mol. The topological polar surface area (TPSA) is 36.9 Å². The van der Waals surface area contributed by atoms with Crippen LogP contribution in [0, 0.1) is 5.92 Å². The number of guanidine groups is 1. The number of hydrogen-bond donors (Lipinski definition) is 1. The molecule has 4 nitrogen and oxygen atoms in total. The summed E-state index contributed by atoms with van der Waals surface area (Å²) in [6, 6.07) is 14.9. The Kier molecular flexibility index (Phi) is 5.70. The second-order valence-corrected chi connectivity index (χ2v) is 6.42. The van der Waals surface area contributed by atoms with Crippen LogP contribution in [0.2, 0.25) is 0 Å². The number of fused-ring (bicyclic) bond motifs is 1. The predicted molar refractivity (Wildman–Crippen MR) is 100 cm³/mol. The Morgan fingerprint density at radius 2 is 2.08 bits per heavy atom. The van der Waals surface area contributed by atoms with Crippen molar-refractivity contribution in [3.63, 3.8) is 0 Å². The molecule has 4 heteroatoms. The molecule has 1 atom stereocenters. The summed E-state index contributed by atoms with van der Waals surface area (Å²) in [5, 5.41) is 5.96. The summed E-state index contributed by atoms with van der Waals surface area (Å²) in [6.45, 7) is 6.42. The maximum Gasteiger partial charge on any atom is 0.193 e. The summed E-state index contributed by atoms with van der Waals surface area (Å²) in [7, 11) is 2.11. The molecule has 1 unspecified atom stereocenters. The molecule has 1 aliphatic heterocycles. The van der Waals surface area contributed by atoms with E-state index in [1.54, 1.807) is 0 Å². The average Bonchev–Trinajstić information content (AvgIpc) is 3.11. The molecule has 1 heterocycles. The summed E-state index contributed by atoms with van der Waals surface area (Å²) in [6.07, 6.45) is 1.15. The molecule has 128 valence electrons. The van der Waals surface area contributed by atoms with Gasteiger partial charge in [-0.25, -0.2) is 4.99 Å². The van der Waals surface area contributed by atoms with E-state index in [1.807, 2.05) is 0 Å². The highest BCUT2D eigenvalue weighted by atomic mass is 16.5. The van der Waals surface area contributed by atoms with Crippen LogP contribution in [0.5, 0.6) is 0 Å². The van der Waals surface area contributed by atoms with E-state index in [0.717, 1.165) is 38.7 Å². The molecule has 0 aliphatic carbocycles. The van der Waals surface area contributed by atoms with Crippen molar-refractivity contribution in [1.29, 1.82) is 0 Å². The Morgan fingerprint density at radius 1 is 1.25 bits per heavy atom. The Bertz CT molecular complexity index is 687. The first-order valence-corrected chi connectivity index (χ1v) is 8.81. The minimum Gasteiger partial charge on any atom is -0.381 e. The molecule has 1 N–H and O–H groups in total. The first-order valence-electron chi connectivity index (χ1n) is 8.81. The molecule has 0 bridgehead atoms. The number of rotatable bonds is 5. The van der Waals surface area contributed by atoms with Gasteiger partial charge in [-0.05, 0) is 29.7 Å². The number of hydrogen-bond acceptors (Lipinski definition) is 2. The highest BCUT2D eigenvalue weighted by molar-refractivity contribution is 5.86. The lowest BCUT2D eigenvalue weighted by molar-refractivity contribution is 0.181. The molecule has 1 aliphatic rings. The van der Waals surface area contributed by atoms with Crippen LogP contribution in [0.1, 0.15) is 18.9 Å². The molecular formula is C20H27N3O. The fourth-order valence-electron chi connectivity index (χ4n) is 3.26. The average molecular weight is 325 g/mol. The van der Waals surface area contributed by atoms with E-state index in [2.05, 4.69) is 66.7 Å². The molecule has 0 amide bonds. The van der Waals surface area contributed by atoms with E-state index in [0.29, 0.717) is 12.5 Å². The molecule has 2 aromatic carbocycles. The van der Waals surface area contributed by atoms with Gasteiger partial charge in [0.1, 0.15) is 0 Å². The maximum absolute atomic E-state index is 5.49. The molecule has 0 aromatic heterocycles. The number of benzene rings is 2. The fourth-order valence-corrected chi connectivity index (χ4v) is 3.26. The first kappa shape index (κ1) is 16.8. The molecule has 3 rings (SSSR count). The lowest BCUT2D eigenvalue weighted by atomic mass is 10.0. The lowest BCUT2D eigenvalue weighted by Gasteiger charge is -2.24. The van der Waals surface area contributed by atoms with Crippen molar-refractivity contribution in [3.8, 4) is 0 Å². The van der Waals surface area contributed by atoms with Crippen LogP contribution in [-0.4, -0.2) is 44.2 Å². The Morgan fingerprint density at radius 3 is 2.88 bits per heavy atom. The van der Waals surface area contributed by atoms with E-state index >= 15 is 0 Å². The third-order valence-corrected chi connectivity index (χ3v) is 4.53. The van der Waals surface area contributed by atoms with Crippen molar-refractivity contribution >= 4 is 16.7 Å². The maximum atomic E-state index is 5.49. The Hall–Kier alpha value is -2.07. The zero-order chi connectivity index (χ0) is 16.8. The quantitative estimate of drug-likeness (QED) is 0.677. The number of nitrogens with one attached hydrogen (secondary N) is 1. The molecule has 0 spiro atoms. The summed E-state index contributed by atoms with van der Waals surface area (Å²) in [4.78, 5) is 7.10. The van der Waals surface area contributed by atoms with Gasteiger partial charge in [0.2, 0.25) is 0 Å². The minimum atomic E-state index is 0.608. The molecule has 1 saturated heterocycles. The Balaban J connectivity index is 1.74. The standard InChI is InChI=1S/C20H27N3O/c1-3-21-20(23(2)14-16-11-12-24-15-16)22-13-18-9-6-8-17-7-4-5-10-19(17)18/h4-10,16H,3,11-15H2,1-2H3,(H,21,22). The number of ether oxygens (including phenoxy) is 1. The van der Waals surface area contributed by atoms with Crippen molar-refractivity contribution < 1.29 is 4.74 Å². The van der Waals surface area contributed by atoms with Gasteiger partial charge in [-0.1, -0.05) is 42.5 Å². The van der Waals surface area contributed by atoms with Crippen LogP contribution >= 0.6 is 0 Å². The normalized spacial score (nSPS) is 18.1. The van der Waals surface area contributed by atoms with Gasteiger partial charge in [0.15, 0.2) is 5.96 Å². The van der Waals surface area contributed by atoms with E-state index < -0.39 is 0 Å². The zero-order valence-corrected chi connectivity index (χ0v) is 14.7. The van der Waals surface area contributed by atoms with Gasteiger partial charge in [-0.15, -0.1) is 0 Å². The fraction of sp³-hybridized carbons (Fsp3) is 0.450. The molecule has 0 radical (unpaired) electrons. The van der Waals surface area contributed by atoms with Gasteiger partial charge in [0, 0.05) is 32.7 Å². The predicted octanol–water partition coefficient (Wildman–Crippen LogP) is 3.27. The van der Waals surface area contributed by atoms with Crippen LogP contribution in [0.3, 0.4) is 0 Å². The highest BCUT2D eigenvalue weighted by Gasteiger charge is 2.19. The van der Waals surface area contributed by atoms with E-state index in [-0.39, 0.29) is 0 Å². The van der Waals surface area contributed by atoms with Crippen LogP contribution in [-0.2, 0) is 11.3 Å². The van der Waals surface area contributed by atoms with E-state index in [4.69, 9.17) is 9.73 Å². The molecule has 0 saturated carbocycles. The third-order valence-electron chi connectivity index (χ3n) is 4.53. The van der Waals surface area contributed by atoms with Gasteiger partial charge >= 0.3 is 0 Å². The minimum absolute atomic E-state index is 0.608. The summed E-state index contributed by atoms with van der Waals surface area (Å²) >= 11 is 0. The summed E-state index contributed by atoms with van der Waals surface area (Å²) in [5.41, 5.74) is 1.26. The van der Waals surface area contributed by atoms with Crippen LogP contribution in [0.4, 0.5) is 0 Å². The van der Waals surface area contributed by atoms with Gasteiger partial charge in [0.05, 0.1) is 13.2 Å². The van der Waals surface area contributed by atoms with Crippen LogP contribution in [0.25, 0.3) is 10.8 Å². The van der Waals surface area contributed by atoms with Crippen molar-refractivity contribution in [2.45, 2.75) is 19.9 Å². The second-order valence-electron chi connectivity index (χ2n) is 6.42. The molecule has 1 fully saturated rings. The van der Waals surface area contributed by atoms with E-state index in [1.165, 1.54) is 16.3 Å². The van der Waals surface area contributed by atoms with Gasteiger partial charge in [-0.2, -0.15) is 0 Å². The number of nitrogens with zero attached hydrogens (tertiary/aromatic N) is 2. The van der Waals surface area contributed by atoms with Crippen molar-refractivity contribution in [2.24, 2.45) is 10.9 Å². The highest BCUT2D eigenvalue weighted by Crippen LogP contribution is 2.19. The van der Waals surface area contributed by atoms with Crippen LogP contribution < -0.4 is 5.32 Å². The first-order chi connectivity index (χ1) is 11.8. The molecular weight excluding hydrogens is 298 g/mol. The van der Waals surface area contributed by atoms with Crippen molar-refractivity contribution in [1.82, 2.24) is 10.2 Å². The zero-order valence-electron chi connectivity index (χ0n) is 14.7. The van der Waals surface area contributed by atoms with E-state index in [9.17, 15) is 0 Å². The van der Waals surface area contributed by atoms with Crippen LogP contribution in [0.15, 0.2) is 47.5 Å². The summed E-state index contributed by atoms with van der Waals surface area (Å²) in [5.74, 6) is 1.58. The Labute approximate surface area is 144 Å². The molecule has 24 heavy (non-hydrogen) atoms. The molecule has 2 aromatic rings. The lowest BCUT2D eigenvalue weighted by Crippen LogP contribution is -2.41.